The van der Waals surface area contributed by atoms with Gasteiger partial charge in [-0.05, 0) is 43.9 Å². The van der Waals surface area contributed by atoms with Crippen molar-refractivity contribution in [3.8, 4) is 0 Å². The molecule has 1 aromatic carbocycles. The zero-order chi connectivity index (χ0) is 20.3. The Bertz CT molecular complexity index is 685. The number of halogens is 1. The molecule has 1 saturated heterocycles. The van der Waals surface area contributed by atoms with E-state index in [2.05, 4.69) is 24.1 Å². The quantitative estimate of drug-likeness (QED) is 0.615. The minimum Gasteiger partial charge on any atom is -0.443 e. The number of carbonyl (C=O) groups excluding carboxylic acids is 1. The number of cyclic esters (lactones) is 1. The highest BCUT2D eigenvalue weighted by atomic mass is 19.1. The van der Waals surface area contributed by atoms with Crippen LogP contribution in [0.3, 0.4) is 0 Å². The molecule has 0 bridgehead atoms. The van der Waals surface area contributed by atoms with Crippen LogP contribution in [0.15, 0.2) is 18.2 Å². The van der Waals surface area contributed by atoms with Crippen LogP contribution in [-0.2, 0) is 4.74 Å². The van der Waals surface area contributed by atoms with Crippen molar-refractivity contribution in [2.75, 3.05) is 63.2 Å². The number of hydrogen-bond acceptors (Lipinski definition) is 6. The minimum absolute atomic E-state index is 0.259. The van der Waals surface area contributed by atoms with Crippen molar-refractivity contribution in [1.29, 1.82) is 0 Å². The highest BCUT2D eigenvalue weighted by Crippen LogP contribution is 2.30. The van der Waals surface area contributed by atoms with Crippen molar-refractivity contribution >= 4 is 17.5 Å². The lowest BCUT2D eigenvalue weighted by Crippen LogP contribution is -2.43. The molecule has 2 N–H and O–H groups in total. The van der Waals surface area contributed by atoms with Crippen molar-refractivity contribution in [1.82, 2.24) is 10.0 Å². The second kappa shape index (κ2) is 9.07. The van der Waals surface area contributed by atoms with E-state index in [-0.39, 0.29) is 18.5 Å². The molecule has 0 spiro atoms. The minimum atomic E-state index is -0.477. The summed E-state index contributed by atoms with van der Waals surface area (Å²) in [6.45, 7) is 5.96. The first-order valence-electron chi connectivity index (χ1n) is 10.1. The van der Waals surface area contributed by atoms with Gasteiger partial charge in [0.2, 0.25) is 0 Å². The SMILES string of the molecule is CCN(CCN(C)N(C)CC1CC1)c1ccc(N2C[C@H](CN)OC2=O)cc1F. The Morgan fingerprint density at radius 3 is 2.57 bits per heavy atom. The number of hydrazine groups is 1. The number of ether oxygens (including phenoxy) is 1. The number of hydrogen-bond donors (Lipinski definition) is 1. The molecule has 2 aliphatic rings. The van der Waals surface area contributed by atoms with Crippen LogP contribution in [0.4, 0.5) is 20.6 Å². The first kappa shape index (κ1) is 20.8. The van der Waals surface area contributed by atoms with Crippen LogP contribution < -0.4 is 15.5 Å². The third kappa shape index (κ3) is 4.92. The molecule has 0 radical (unpaired) electrons. The normalized spacial score (nSPS) is 19.6. The highest BCUT2D eigenvalue weighted by molar-refractivity contribution is 5.90. The molecule has 1 aliphatic heterocycles. The van der Waals surface area contributed by atoms with Crippen molar-refractivity contribution in [2.45, 2.75) is 25.9 Å². The second-order valence-corrected chi connectivity index (χ2v) is 7.73. The standard InChI is InChI=1S/C20H32FN5O2/c1-4-25(10-9-23(2)24(3)13-15-5-6-15)19-8-7-16(11-18(19)21)26-14-17(12-22)28-20(26)27/h7-8,11,15,17H,4-6,9-10,12-14,22H2,1-3H3/t17-/m0/s1. The van der Waals surface area contributed by atoms with Crippen molar-refractivity contribution < 1.29 is 13.9 Å². The van der Waals surface area contributed by atoms with Crippen LogP contribution in [-0.4, -0.2) is 75.6 Å². The van der Waals surface area contributed by atoms with E-state index in [1.54, 1.807) is 12.1 Å². The predicted molar refractivity (Wildman–Crippen MR) is 109 cm³/mol. The van der Waals surface area contributed by atoms with E-state index in [4.69, 9.17) is 10.5 Å². The molecule has 1 heterocycles. The molecular formula is C20H32FN5O2. The van der Waals surface area contributed by atoms with Gasteiger partial charge >= 0.3 is 6.09 Å². The fraction of sp³-hybridized carbons (Fsp3) is 0.650. The zero-order valence-corrected chi connectivity index (χ0v) is 17.1. The lowest BCUT2D eigenvalue weighted by molar-refractivity contribution is 0.0255. The van der Waals surface area contributed by atoms with Crippen molar-refractivity contribution in [3.05, 3.63) is 24.0 Å². The Morgan fingerprint density at radius 1 is 1.25 bits per heavy atom. The van der Waals surface area contributed by atoms with Gasteiger partial charge < -0.3 is 15.4 Å². The molecule has 7 nitrogen and oxygen atoms in total. The van der Waals surface area contributed by atoms with Gasteiger partial charge in [0.1, 0.15) is 11.9 Å². The third-order valence-corrected chi connectivity index (χ3v) is 5.60. The average molecular weight is 394 g/mol. The molecule has 2 fully saturated rings. The van der Waals surface area contributed by atoms with Gasteiger partial charge in [0.25, 0.3) is 0 Å². The van der Waals surface area contributed by atoms with Gasteiger partial charge in [-0.25, -0.2) is 19.2 Å². The summed E-state index contributed by atoms with van der Waals surface area (Å²) in [6, 6.07) is 4.91. The molecule has 1 saturated carbocycles. The Hall–Kier alpha value is -1.90. The monoisotopic (exact) mass is 393 g/mol. The van der Waals surface area contributed by atoms with Crippen LogP contribution >= 0.6 is 0 Å². The molecular weight excluding hydrogens is 361 g/mol. The Morgan fingerprint density at radius 2 is 2.00 bits per heavy atom. The Balaban J connectivity index is 1.61. The highest BCUT2D eigenvalue weighted by Gasteiger charge is 2.32. The number of benzene rings is 1. The maximum absolute atomic E-state index is 14.8. The number of carbonyl (C=O) groups is 1. The first-order valence-corrected chi connectivity index (χ1v) is 10.1. The largest absolute Gasteiger partial charge is 0.443 e. The van der Waals surface area contributed by atoms with E-state index < -0.39 is 6.09 Å². The van der Waals surface area contributed by atoms with Gasteiger partial charge in [0.05, 0.1) is 17.9 Å². The van der Waals surface area contributed by atoms with Gasteiger partial charge in [0.15, 0.2) is 0 Å². The fourth-order valence-electron chi connectivity index (χ4n) is 3.47. The topological polar surface area (TPSA) is 65.3 Å². The predicted octanol–water partition coefficient (Wildman–Crippen LogP) is 2.12. The number of anilines is 2. The van der Waals surface area contributed by atoms with Crippen LogP contribution in [0.1, 0.15) is 19.8 Å². The second-order valence-electron chi connectivity index (χ2n) is 7.73. The van der Waals surface area contributed by atoms with Crippen molar-refractivity contribution in [3.63, 3.8) is 0 Å². The summed E-state index contributed by atoms with van der Waals surface area (Å²) in [4.78, 5) is 15.4. The molecule has 3 rings (SSSR count). The number of nitrogens with zero attached hydrogens (tertiary/aromatic N) is 4. The maximum atomic E-state index is 14.8. The molecule has 1 atom stereocenters. The Labute approximate surface area is 166 Å². The summed E-state index contributed by atoms with van der Waals surface area (Å²) in [5, 5.41) is 4.44. The molecule has 1 aromatic rings. The molecule has 0 aromatic heterocycles. The van der Waals surface area contributed by atoms with Gasteiger partial charge in [-0.2, -0.15) is 0 Å². The van der Waals surface area contributed by atoms with Gasteiger partial charge in [0, 0.05) is 46.8 Å². The van der Waals surface area contributed by atoms with E-state index >= 15 is 0 Å². The summed E-state index contributed by atoms with van der Waals surface area (Å²) in [5.74, 6) is 0.494. The van der Waals surface area contributed by atoms with Crippen molar-refractivity contribution in [2.24, 2.45) is 11.7 Å². The van der Waals surface area contributed by atoms with Crippen LogP contribution in [0.5, 0.6) is 0 Å². The third-order valence-electron chi connectivity index (χ3n) is 5.60. The lowest BCUT2D eigenvalue weighted by Gasteiger charge is -2.32. The molecule has 28 heavy (non-hydrogen) atoms. The van der Waals surface area contributed by atoms with Gasteiger partial charge in [-0.1, -0.05) is 0 Å². The van der Waals surface area contributed by atoms with Crippen LogP contribution in [0.2, 0.25) is 0 Å². The average Bonchev–Trinajstić information content (AvgIpc) is 3.41. The number of amides is 1. The van der Waals surface area contributed by atoms with E-state index in [0.29, 0.717) is 24.5 Å². The van der Waals surface area contributed by atoms with Crippen LogP contribution in [0, 0.1) is 11.7 Å². The summed E-state index contributed by atoms with van der Waals surface area (Å²) >= 11 is 0. The molecule has 156 valence electrons. The van der Waals surface area contributed by atoms with Crippen LogP contribution in [0.25, 0.3) is 0 Å². The molecule has 8 heteroatoms. The maximum Gasteiger partial charge on any atom is 0.414 e. The molecule has 1 amide bonds. The zero-order valence-electron chi connectivity index (χ0n) is 17.1. The summed E-state index contributed by atoms with van der Waals surface area (Å²) in [5.41, 5.74) is 6.61. The number of nitrogens with two attached hydrogens (primary N) is 1. The Kier molecular flexibility index (Phi) is 6.74. The fourth-order valence-corrected chi connectivity index (χ4v) is 3.47. The van der Waals surface area contributed by atoms with E-state index in [1.807, 2.05) is 11.8 Å². The lowest BCUT2D eigenvalue weighted by atomic mass is 10.2. The summed E-state index contributed by atoms with van der Waals surface area (Å²) < 4.78 is 20.0. The van der Waals surface area contributed by atoms with E-state index in [9.17, 15) is 9.18 Å². The molecule has 0 unspecified atom stereocenters. The van der Waals surface area contributed by atoms with E-state index in [1.165, 1.54) is 23.8 Å². The first-order chi connectivity index (χ1) is 13.4. The summed E-state index contributed by atoms with van der Waals surface area (Å²) in [6.07, 6.45) is 1.83. The van der Waals surface area contributed by atoms with Gasteiger partial charge in [-0.3, -0.25) is 4.90 Å². The van der Waals surface area contributed by atoms with Gasteiger partial charge in [-0.15, -0.1) is 0 Å². The summed E-state index contributed by atoms with van der Waals surface area (Å²) in [7, 11) is 4.18. The van der Waals surface area contributed by atoms with E-state index in [0.717, 1.165) is 25.6 Å². The smallest absolute Gasteiger partial charge is 0.414 e. The molecule has 1 aliphatic carbocycles. The number of rotatable bonds is 10. The number of likely N-dealkylation sites (N-methyl/N-ethyl adjacent to an activating group) is 2.